The van der Waals surface area contributed by atoms with E-state index in [0.717, 1.165) is 16.3 Å². The molecule has 0 N–H and O–H groups in total. The predicted molar refractivity (Wildman–Crippen MR) is 69.6 cm³/mol. The number of halogens is 3. The van der Waals surface area contributed by atoms with Gasteiger partial charge in [0.1, 0.15) is 0 Å². The minimum absolute atomic E-state index is 0.370. The Morgan fingerprint density at radius 2 is 2.16 bits per heavy atom. The Morgan fingerprint density at radius 1 is 1.47 bits per heavy atom. The molecule has 0 spiro atoms. The largest absolute Gasteiger partial charge is 0.425 e. The van der Waals surface area contributed by atoms with E-state index in [4.69, 9.17) is 0 Å². The molecule has 106 valence electrons. The van der Waals surface area contributed by atoms with E-state index < -0.39 is 12.8 Å². The number of pyridine rings is 1. The van der Waals surface area contributed by atoms with Crippen molar-refractivity contribution in [1.29, 1.82) is 0 Å². The molecule has 1 aromatic heterocycles. The van der Waals surface area contributed by atoms with Crippen molar-refractivity contribution in [2.45, 2.75) is 31.8 Å². The summed E-state index contributed by atoms with van der Waals surface area (Å²) < 4.78 is 35.7. The average molecular weight is 292 g/mol. The van der Waals surface area contributed by atoms with Crippen LogP contribution in [0, 0.1) is 6.92 Å². The summed E-state index contributed by atoms with van der Waals surface area (Å²) in [6.07, 6.45) is -2.80. The Hall–Kier alpha value is -1.24. The van der Waals surface area contributed by atoms with Crippen LogP contribution in [-0.2, 0) is 4.84 Å². The van der Waals surface area contributed by atoms with Crippen molar-refractivity contribution in [2.75, 3.05) is 12.4 Å². The van der Waals surface area contributed by atoms with Crippen molar-refractivity contribution >= 4 is 17.5 Å². The summed E-state index contributed by atoms with van der Waals surface area (Å²) in [6.45, 7) is 4.10. The normalized spacial score (nSPS) is 12.6. The van der Waals surface area contributed by atoms with Crippen molar-refractivity contribution in [3.8, 4) is 0 Å². The number of oxime groups is 1. The quantitative estimate of drug-likeness (QED) is 0.470. The van der Waals surface area contributed by atoms with E-state index in [9.17, 15) is 13.2 Å². The molecule has 3 nitrogen and oxygen atoms in total. The molecule has 0 aromatic carbocycles. The lowest BCUT2D eigenvalue weighted by Crippen LogP contribution is -2.15. The third-order valence-corrected chi connectivity index (χ3v) is 3.20. The first-order valence-corrected chi connectivity index (χ1v) is 6.65. The molecule has 0 bridgehead atoms. The monoisotopic (exact) mass is 292 g/mol. The summed E-state index contributed by atoms with van der Waals surface area (Å²) in [6, 6.07) is 1.85. The van der Waals surface area contributed by atoms with Crippen LogP contribution < -0.4 is 0 Å². The van der Waals surface area contributed by atoms with E-state index in [2.05, 4.69) is 15.0 Å². The summed E-state index contributed by atoms with van der Waals surface area (Å²) in [4.78, 5) is 9.46. The van der Waals surface area contributed by atoms with E-state index in [-0.39, 0.29) is 0 Å². The van der Waals surface area contributed by atoms with Gasteiger partial charge in [-0.25, -0.2) is 0 Å². The van der Waals surface area contributed by atoms with Gasteiger partial charge in [0.15, 0.2) is 0 Å². The van der Waals surface area contributed by atoms with E-state index in [1.807, 2.05) is 19.9 Å². The summed E-state index contributed by atoms with van der Waals surface area (Å²) in [7, 11) is 0. The van der Waals surface area contributed by atoms with E-state index in [0.29, 0.717) is 11.3 Å². The topological polar surface area (TPSA) is 34.5 Å². The number of aromatic nitrogens is 1. The molecule has 0 radical (unpaired) electrons. The lowest BCUT2D eigenvalue weighted by molar-refractivity contribution is -0.173. The van der Waals surface area contributed by atoms with Crippen molar-refractivity contribution in [2.24, 2.45) is 5.16 Å². The molecule has 19 heavy (non-hydrogen) atoms. The summed E-state index contributed by atoms with van der Waals surface area (Å²) in [5, 5.41) is 3.46. The van der Waals surface area contributed by atoms with Crippen LogP contribution in [0.5, 0.6) is 0 Å². The van der Waals surface area contributed by atoms with Crippen molar-refractivity contribution in [3.05, 3.63) is 23.5 Å². The molecule has 0 fully saturated rings. The minimum Gasteiger partial charge on any atom is -0.386 e. The molecule has 0 saturated carbocycles. The zero-order chi connectivity index (χ0) is 14.5. The predicted octanol–water partition coefficient (Wildman–Crippen LogP) is 3.80. The van der Waals surface area contributed by atoms with Crippen molar-refractivity contribution < 1.29 is 18.0 Å². The minimum atomic E-state index is -4.38. The van der Waals surface area contributed by atoms with Gasteiger partial charge in [-0.3, -0.25) is 4.98 Å². The molecule has 0 atom stereocenters. The first-order chi connectivity index (χ1) is 8.83. The number of hydrogen-bond donors (Lipinski definition) is 0. The zero-order valence-corrected chi connectivity index (χ0v) is 11.7. The highest BCUT2D eigenvalue weighted by Crippen LogP contribution is 2.22. The maximum atomic E-state index is 11.9. The molecule has 7 heteroatoms. The van der Waals surface area contributed by atoms with Crippen LogP contribution in [0.3, 0.4) is 0 Å². The molecule has 0 amide bonds. The van der Waals surface area contributed by atoms with Crippen LogP contribution in [0.1, 0.15) is 25.1 Å². The fourth-order valence-corrected chi connectivity index (χ4v) is 2.05. The number of hydrogen-bond acceptors (Lipinski definition) is 4. The number of aryl methyl sites for hydroxylation is 1. The fraction of sp³-hybridized carbons (Fsp3) is 0.500. The Balaban J connectivity index is 2.79. The first kappa shape index (κ1) is 15.8. The molecular formula is C12H15F3N2OS. The van der Waals surface area contributed by atoms with Gasteiger partial charge >= 0.3 is 6.18 Å². The second-order valence-corrected chi connectivity index (χ2v) is 5.11. The number of nitrogens with zero attached hydrogens (tertiary/aromatic N) is 2. The summed E-state index contributed by atoms with van der Waals surface area (Å²) >= 11 is 1.62. The third-order valence-electron chi connectivity index (χ3n) is 2.19. The van der Waals surface area contributed by atoms with Crippen LogP contribution >= 0.6 is 11.8 Å². The van der Waals surface area contributed by atoms with Gasteiger partial charge in [-0.2, -0.15) is 13.2 Å². The van der Waals surface area contributed by atoms with Gasteiger partial charge < -0.3 is 4.84 Å². The highest BCUT2D eigenvalue weighted by Gasteiger charge is 2.28. The smallest absolute Gasteiger partial charge is 0.386 e. The van der Waals surface area contributed by atoms with Gasteiger partial charge in [0, 0.05) is 16.7 Å². The third kappa shape index (κ3) is 5.50. The van der Waals surface area contributed by atoms with Gasteiger partial charge in [0.2, 0.25) is 6.61 Å². The Bertz CT molecular complexity index is 461. The van der Waals surface area contributed by atoms with Gasteiger partial charge in [-0.1, -0.05) is 12.1 Å². The standard InChI is InChI=1S/C12H15F3N2OS/c1-4-19-11-5-10(6-16-9(11)3)8(2)17-18-7-12(13,14)15/h5-6H,4,7H2,1-3H3/b17-8+. The maximum Gasteiger partial charge on any atom is 0.425 e. The SMILES string of the molecule is CCSc1cc(/C(C)=N/OCC(F)(F)F)cnc1C. The summed E-state index contributed by atoms with van der Waals surface area (Å²) in [5.74, 6) is 0.896. The maximum absolute atomic E-state index is 11.9. The van der Waals surface area contributed by atoms with Crippen LogP contribution in [0.4, 0.5) is 13.2 Å². The zero-order valence-electron chi connectivity index (χ0n) is 10.9. The Morgan fingerprint density at radius 3 is 2.74 bits per heavy atom. The van der Waals surface area contributed by atoms with Crippen molar-refractivity contribution in [1.82, 2.24) is 4.98 Å². The number of thioether (sulfide) groups is 1. The van der Waals surface area contributed by atoms with E-state index in [1.54, 1.807) is 24.9 Å². The second kappa shape index (κ2) is 6.79. The molecule has 1 rings (SSSR count). The number of rotatable bonds is 5. The molecule has 0 aliphatic rings. The Kier molecular flexibility index (Phi) is 5.65. The second-order valence-electron chi connectivity index (χ2n) is 3.81. The highest BCUT2D eigenvalue weighted by atomic mass is 32.2. The molecule has 1 aromatic rings. The highest BCUT2D eigenvalue weighted by molar-refractivity contribution is 7.99. The molecule has 0 saturated heterocycles. The van der Waals surface area contributed by atoms with Gasteiger partial charge in [0.05, 0.1) is 11.4 Å². The van der Waals surface area contributed by atoms with Crippen LogP contribution in [0.25, 0.3) is 0 Å². The Labute approximate surface area is 114 Å². The van der Waals surface area contributed by atoms with Gasteiger partial charge in [-0.05, 0) is 25.7 Å². The van der Waals surface area contributed by atoms with Gasteiger partial charge in [0.25, 0.3) is 0 Å². The lowest BCUT2D eigenvalue weighted by atomic mass is 10.2. The van der Waals surface area contributed by atoms with Crippen LogP contribution in [-0.4, -0.2) is 29.2 Å². The lowest BCUT2D eigenvalue weighted by Gasteiger charge is -2.07. The molecule has 1 heterocycles. The number of alkyl halides is 3. The van der Waals surface area contributed by atoms with Crippen molar-refractivity contribution in [3.63, 3.8) is 0 Å². The molecule has 0 aliphatic heterocycles. The van der Waals surface area contributed by atoms with E-state index >= 15 is 0 Å². The van der Waals surface area contributed by atoms with E-state index in [1.165, 1.54) is 0 Å². The first-order valence-electron chi connectivity index (χ1n) is 5.66. The average Bonchev–Trinajstić information content (AvgIpc) is 2.30. The molecule has 0 aliphatic carbocycles. The van der Waals surface area contributed by atoms with Crippen LogP contribution in [0.2, 0.25) is 0 Å². The van der Waals surface area contributed by atoms with Crippen LogP contribution in [0.15, 0.2) is 22.3 Å². The summed E-state index contributed by atoms with van der Waals surface area (Å²) in [5.41, 5.74) is 1.91. The molecular weight excluding hydrogens is 277 g/mol. The fourth-order valence-electron chi connectivity index (χ4n) is 1.27. The van der Waals surface area contributed by atoms with Gasteiger partial charge in [-0.15, -0.1) is 11.8 Å². The molecule has 0 unspecified atom stereocenters.